The second-order valence-electron chi connectivity index (χ2n) is 5.47. The summed E-state index contributed by atoms with van der Waals surface area (Å²) in [5.74, 6) is -0.300. The third-order valence-corrected chi connectivity index (χ3v) is 3.26. The quantitative estimate of drug-likeness (QED) is 0.813. The minimum Gasteiger partial charge on any atom is -0.339 e. The number of imide groups is 1. The largest absolute Gasteiger partial charge is 0.339 e. The second kappa shape index (κ2) is 7.87. The Morgan fingerprint density at radius 3 is 2.52 bits per heavy atom. The van der Waals surface area contributed by atoms with Crippen LogP contribution in [0.25, 0.3) is 0 Å². The average molecular weight is 311 g/mol. The summed E-state index contributed by atoms with van der Waals surface area (Å²) in [6.45, 7) is 8.29. The molecule has 1 aliphatic heterocycles. The van der Waals surface area contributed by atoms with Gasteiger partial charge in [-0.1, -0.05) is 20.8 Å². The molecule has 0 radical (unpaired) electrons. The molecule has 0 bridgehead atoms. The fourth-order valence-electron chi connectivity index (χ4n) is 1.58. The fourth-order valence-corrected chi connectivity index (χ4v) is 2.15. The molecule has 0 aliphatic carbocycles. The summed E-state index contributed by atoms with van der Waals surface area (Å²) in [5.41, 5.74) is 1.91. The number of hydrogen-bond acceptors (Lipinski definition) is 5. The van der Waals surface area contributed by atoms with Crippen LogP contribution in [0.5, 0.6) is 0 Å². The predicted molar refractivity (Wildman–Crippen MR) is 81.0 cm³/mol. The highest BCUT2D eigenvalue weighted by atomic mass is 32.1. The minimum absolute atomic E-state index is 0.243. The van der Waals surface area contributed by atoms with Crippen LogP contribution in [0.3, 0.4) is 0 Å². The molecule has 7 heteroatoms. The molecule has 1 atom stereocenters. The van der Waals surface area contributed by atoms with Crippen LogP contribution in [0.4, 0.5) is 0 Å². The number of carbonyl (C=O) groups is 3. The molecule has 21 heavy (non-hydrogen) atoms. The van der Waals surface area contributed by atoms with Crippen LogP contribution in [0.2, 0.25) is 0 Å². The SMILES string of the molecule is CC(C)C.Cc1scnc1C(=O)NC1CCC(=O)NC1=O. The number of rotatable bonds is 2. The van der Waals surface area contributed by atoms with E-state index in [1.54, 1.807) is 12.4 Å². The normalized spacial score (nSPS) is 17.9. The Labute approximate surface area is 128 Å². The number of thiazole rings is 1. The van der Waals surface area contributed by atoms with Gasteiger partial charge < -0.3 is 5.32 Å². The van der Waals surface area contributed by atoms with Gasteiger partial charge >= 0.3 is 0 Å². The zero-order valence-corrected chi connectivity index (χ0v) is 13.5. The van der Waals surface area contributed by atoms with Crippen LogP contribution >= 0.6 is 11.3 Å². The third-order valence-electron chi connectivity index (χ3n) is 2.50. The average Bonchev–Trinajstić information content (AvgIpc) is 2.78. The zero-order valence-electron chi connectivity index (χ0n) is 12.7. The lowest BCUT2D eigenvalue weighted by Gasteiger charge is -2.21. The van der Waals surface area contributed by atoms with Crippen molar-refractivity contribution in [3.8, 4) is 0 Å². The first-order chi connectivity index (χ1) is 9.81. The van der Waals surface area contributed by atoms with E-state index in [9.17, 15) is 14.4 Å². The maximum absolute atomic E-state index is 11.8. The van der Waals surface area contributed by atoms with E-state index >= 15 is 0 Å². The molecule has 6 nitrogen and oxygen atoms in total. The van der Waals surface area contributed by atoms with E-state index in [1.165, 1.54) is 11.3 Å². The number of aryl methyl sites for hydroxylation is 1. The van der Waals surface area contributed by atoms with Crippen molar-refractivity contribution in [1.29, 1.82) is 0 Å². The molecule has 2 N–H and O–H groups in total. The summed E-state index contributed by atoms with van der Waals surface area (Å²) in [5, 5.41) is 4.76. The Balaban J connectivity index is 0.000000491. The molecule has 1 saturated heterocycles. The summed E-state index contributed by atoms with van der Waals surface area (Å²) in [7, 11) is 0. The lowest BCUT2D eigenvalue weighted by Crippen LogP contribution is -2.52. The van der Waals surface area contributed by atoms with Crippen molar-refractivity contribution in [2.24, 2.45) is 5.92 Å². The summed E-state index contributed by atoms with van der Waals surface area (Å²) >= 11 is 1.37. The van der Waals surface area contributed by atoms with Crippen molar-refractivity contribution in [2.75, 3.05) is 0 Å². The Hall–Kier alpha value is -1.76. The van der Waals surface area contributed by atoms with Crippen LogP contribution in [0.15, 0.2) is 5.51 Å². The van der Waals surface area contributed by atoms with Gasteiger partial charge in [0, 0.05) is 11.3 Å². The van der Waals surface area contributed by atoms with E-state index in [-0.39, 0.29) is 18.2 Å². The maximum Gasteiger partial charge on any atom is 0.271 e. The monoisotopic (exact) mass is 311 g/mol. The van der Waals surface area contributed by atoms with Gasteiger partial charge in [-0.25, -0.2) is 4.98 Å². The number of nitrogens with zero attached hydrogens (tertiary/aromatic N) is 1. The van der Waals surface area contributed by atoms with Gasteiger partial charge in [-0.15, -0.1) is 11.3 Å². The Kier molecular flexibility index (Phi) is 6.48. The highest BCUT2D eigenvalue weighted by Gasteiger charge is 2.28. The van der Waals surface area contributed by atoms with Gasteiger partial charge in [0.25, 0.3) is 5.91 Å². The summed E-state index contributed by atoms with van der Waals surface area (Å²) in [6.07, 6.45) is 0.576. The van der Waals surface area contributed by atoms with E-state index in [4.69, 9.17) is 0 Å². The van der Waals surface area contributed by atoms with Crippen molar-refractivity contribution in [2.45, 2.75) is 46.6 Å². The Morgan fingerprint density at radius 2 is 2.05 bits per heavy atom. The topological polar surface area (TPSA) is 88.2 Å². The molecular weight excluding hydrogens is 290 g/mol. The number of carbonyl (C=O) groups excluding carboxylic acids is 3. The maximum atomic E-state index is 11.8. The highest BCUT2D eigenvalue weighted by Crippen LogP contribution is 2.12. The zero-order chi connectivity index (χ0) is 16.0. The molecular formula is C14H21N3O3S. The van der Waals surface area contributed by atoms with Crippen molar-refractivity contribution in [3.63, 3.8) is 0 Å². The number of aromatic nitrogens is 1. The molecule has 1 aromatic rings. The van der Waals surface area contributed by atoms with Gasteiger partial charge in [0.15, 0.2) is 0 Å². The minimum atomic E-state index is -0.652. The third kappa shape index (κ3) is 5.63. The number of piperidine rings is 1. The van der Waals surface area contributed by atoms with Gasteiger partial charge in [0.05, 0.1) is 5.51 Å². The molecule has 0 aromatic carbocycles. The molecule has 0 saturated carbocycles. The molecule has 3 amide bonds. The Morgan fingerprint density at radius 1 is 1.43 bits per heavy atom. The van der Waals surface area contributed by atoms with E-state index in [0.717, 1.165) is 10.8 Å². The molecule has 2 heterocycles. The van der Waals surface area contributed by atoms with Gasteiger partial charge in [-0.2, -0.15) is 0 Å². The van der Waals surface area contributed by atoms with Crippen molar-refractivity contribution in [3.05, 3.63) is 16.1 Å². The molecule has 1 fully saturated rings. The van der Waals surface area contributed by atoms with Gasteiger partial charge in [-0.05, 0) is 19.3 Å². The van der Waals surface area contributed by atoms with Gasteiger partial charge in [-0.3, -0.25) is 19.7 Å². The van der Waals surface area contributed by atoms with E-state index < -0.39 is 11.9 Å². The predicted octanol–water partition coefficient (Wildman–Crippen LogP) is 1.65. The fraction of sp³-hybridized carbons (Fsp3) is 0.571. The standard InChI is InChI=1S/C10H11N3O3S.C4H10/c1-5-8(11-4-17-5)10(16)12-6-2-3-7(14)13-9(6)15;1-4(2)3/h4,6H,2-3H2,1H3,(H,12,16)(H,13,14,15);4H,1-3H3. The van der Waals surface area contributed by atoms with Gasteiger partial charge in [0.1, 0.15) is 11.7 Å². The molecule has 1 aromatic heterocycles. The molecule has 1 aliphatic rings. The van der Waals surface area contributed by atoms with Crippen LogP contribution in [0.1, 0.15) is 49.0 Å². The van der Waals surface area contributed by atoms with Crippen LogP contribution in [0, 0.1) is 12.8 Å². The Bertz CT molecular complexity index is 523. The molecule has 2 rings (SSSR count). The summed E-state index contributed by atoms with van der Waals surface area (Å²) in [4.78, 5) is 38.9. The summed E-state index contributed by atoms with van der Waals surface area (Å²) in [6, 6.07) is -0.652. The van der Waals surface area contributed by atoms with Crippen LogP contribution in [-0.2, 0) is 9.59 Å². The molecule has 1 unspecified atom stereocenters. The smallest absolute Gasteiger partial charge is 0.271 e. The van der Waals surface area contributed by atoms with E-state index in [2.05, 4.69) is 36.4 Å². The van der Waals surface area contributed by atoms with E-state index in [0.29, 0.717) is 12.1 Å². The van der Waals surface area contributed by atoms with Crippen LogP contribution in [-0.4, -0.2) is 28.7 Å². The lowest BCUT2D eigenvalue weighted by molar-refractivity contribution is -0.134. The second-order valence-corrected chi connectivity index (χ2v) is 6.53. The molecule has 0 spiro atoms. The van der Waals surface area contributed by atoms with Crippen molar-refractivity contribution in [1.82, 2.24) is 15.6 Å². The number of nitrogens with one attached hydrogen (secondary N) is 2. The number of amides is 3. The van der Waals surface area contributed by atoms with Gasteiger partial charge in [0.2, 0.25) is 11.8 Å². The van der Waals surface area contributed by atoms with Crippen LogP contribution < -0.4 is 10.6 Å². The first-order valence-corrected chi connectivity index (χ1v) is 7.73. The number of hydrogen-bond donors (Lipinski definition) is 2. The van der Waals surface area contributed by atoms with E-state index in [1.807, 2.05) is 0 Å². The molecule has 116 valence electrons. The first-order valence-electron chi connectivity index (χ1n) is 6.86. The summed E-state index contributed by atoms with van der Waals surface area (Å²) < 4.78 is 0. The highest BCUT2D eigenvalue weighted by molar-refractivity contribution is 7.09. The lowest BCUT2D eigenvalue weighted by atomic mass is 10.1. The van der Waals surface area contributed by atoms with Crippen molar-refractivity contribution < 1.29 is 14.4 Å². The first kappa shape index (κ1) is 17.3. The van der Waals surface area contributed by atoms with Crippen molar-refractivity contribution >= 4 is 29.1 Å².